The third-order valence-corrected chi connectivity index (χ3v) is 4.89. The van der Waals surface area contributed by atoms with E-state index in [0.29, 0.717) is 5.69 Å². The van der Waals surface area contributed by atoms with E-state index in [1.54, 1.807) is 28.8 Å². The van der Waals surface area contributed by atoms with E-state index in [4.69, 9.17) is 0 Å². The Hall–Kier alpha value is -2.70. The molecule has 2 amide bonds. The molecule has 0 saturated carbocycles. The van der Waals surface area contributed by atoms with Gasteiger partial charge in [-0.2, -0.15) is 5.10 Å². The van der Waals surface area contributed by atoms with Crippen LogP contribution in [0.5, 0.6) is 0 Å². The second-order valence-electron chi connectivity index (χ2n) is 6.47. The highest BCUT2D eigenvalue weighted by Gasteiger charge is 2.43. The first-order valence-electron chi connectivity index (χ1n) is 8.11. The van der Waals surface area contributed by atoms with Crippen LogP contribution in [-0.4, -0.2) is 33.5 Å². The second kappa shape index (κ2) is 6.31. The number of halogens is 1. The Bertz CT molecular complexity index is 828. The monoisotopic (exact) mass is 344 g/mol. The molecule has 1 saturated heterocycles. The maximum Gasteiger partial charge on any atom is 0.230 e. The molecule has 7 heteroatoms. The van der Waals surface area contributed by atoms with Gasteiger partial charge in [-0.1, -0.05) is 12.1 Å². The van der Waals surface area contributed by atoms with E-state index in [-0.39, 0.29) is 24.1 Å². The molecule has 3 rings (SSSR count). The lowest BCUT2D eigenvalue weighted by Gasteiger charge is -2.25. The van der Waals surface area contributed by atoms with E-state index in [1.807, 2.05) is 20.9 Å². The minimum atomic E-state index is -0.540. The summed E-state index contributed by atoms with van der Waals surface area (Å²) in [4.78, 5) is 26.6. The number of hydrogen-bond donors (Lipinski definition) is 1. The lowest BCUT2D eigenvalue weighted by Crippen LogP contribution is -2.30. The molecule has 2 atom stereocenters. The quantitative estimate of drug-likeness (QED) is 0.929. The van der Waals surface area contributed by atoms with Crippen LogP contribution >= 0.6 is 0 Å². The smallest absolute Gasteiger partial charge is 0.230 e. The summed E-state index contributed by atoms with van der Waals surface area (Å²) in [7, 11) is 3.48. The lowest BCUT2D eigenvalue weighted by atomic mass is 9.92. The zero-order chi connectivity index (χ0) is 18.3. The molecular formula is C18H21FN4O2. The van der Waals surface area contributed by atoms with Gasteiger partial charge in [-0.05, 0) is 31.5 Å². The van der Waals surface area contributed by atoms with Gasteiger partial charge in [0.05, 0.1) is 29.0 Å². The molecule has 0 bridgehead atoms. The van der Waals surface area contributed by atoms with Crippen LogP contribution in [0.3, 0.4) is 0 Å². The van der Waals surface area contributed by atoms with Crippen LogP contribution < -0.4 is 5.32 Å². The molecule has 0 unspecified atom stereocenters. The molecule has 1 aliphatic heterocycles. The van der Waals surface area contributed by atoms with Gasteiger partial charge in [0, 0.05) is 20.5 Å². The molecule has 25 heavy (non-hydrogen) atoms. The average molecular weight is 344 g/mol. The molecule has 1 aromatic heterocycles. The number of aryl methyl sites for hydroxylation is 2. The van der Waals surface area contributed by atoms with Gasteiger partial charge in [0.25, 0.3) is 0 Å². The maximum atomic E-state index is 13.2. The number of amides is 2. The fourth-order valence-electron chi connectivity index (χ4n) is 3.39. The molecule has 0 aliphatic carbocycles. The van der Waals surface area contributed by atoms with Gasteiger partial charge in [-0.25, -0.2) is 4.39 Å². The molecule has 2 aromatic rings. The van der Waals surface area contributed by atoms with Crippen molar-refractivity contribution in [3.8, 4) is 0 Å². The van der Waals surface area contributed by atoms with E-state index >= 15 is 0 Å². The summed E-state index contributed by atoms with van der Waals surface area (Å²) in [5, 5.41) is 7.21. The molecule has 0 radical (unpaired) electrons. The van der Waals surface area contributed by atoms with Crippen molar-refractivity contribution in [3.05, 3.63) is 47.0 Å². The van der Waals surface area contributed by atoms with Crippen molar-refractivity contribution in [2.45, 2.75) is 26.3 Å². The first-order valence-corrected chi connectivity index (χ1v) is 8.11. The Morgan fingerprint density at radius 1 is 1.24 bits per heavy atom. The van der Waals surface area contributed by atoms with E-state index in [9.17, 15) is 14.0 Å². The third kappa shape index (κ3) is 3.01. The van der Waals surface area contributed by atoms with Gasteiger partial charge < -0.3 is 10.2 Å². The minimum Gasteiger partial charge on any atom is -0.338 e. The van der Waals surface area contributed by atoms with Crippen molar-refractivity contribution in [1.29, 1.82) is 0 Å². The standard InChI is InChI=1S/C18H21FN4O2/c1-10-16(11(2)23(4)21-10)20-18(25)14-9-15(24)22(3)17(14)12-5-7-13(19)8-6-12/h5-8,14,17H,9H2,1-4H3,(H,20,25)/t14-,17-/m1/s1. The Kier molecular flexibility index (Phi) is 4.32. The van der Waals surface area contributed by atoms with Crippen molar-refractivity contribution in [2.75, 3.05) is 12.4 Å². The van der Waals surface area contributed by atoms with Gasteiger partial charge in [0.1, 0.15) is 5.82 Å². The largest absolute Gasteiger partial charge is 0.338 e. The normalized spacial score (nSPS) is 20.2. The molecule has 0 spiro atoms. The fraction of sp³-hybridized carbons (Fsp3) is 0.389. The summed E-state index contributed by atoms with van der Waals surface area (Å²) in [5.74, 6) is -1.22. The Balaban J connectivity index is 1.89. The SMILES string of the molecule is Cc1nn(C)c(C)c1NC(=O)[C@@H]1CC(=O)N(C)[C@@H]1c1ccc(F)cc1. The average Bonchev–Trinajstić information content (AvgIpc) is 2.99. The number of carbonyl (C=O) groups is 2. The lowest BCUT2D eigenvalue weighted by molar-refractivity contribution is -0.127. The van der Waals surface area contributed by atoms with Gasteiger partial charge >= 0.3 is 0 Å². The maximum absolute atomic E-state index is 13.2. The van der Waals surface area contributed by atoms with Crippen molar-refractivity contribution in [3.63, 3.8) is 0 Å². The van der Waals surface area contributed by atoms with Gasteiger partial charge in [0.15, 0.2) is 0 Å². The van der Waals surface area contributed by atoms with Gasteiger partial charge in [-0.15, -0.1) is 0 Å². The Labute approximate surface area is 145 Å². The minimum absolute atomic E-state index is 0.103. The van der Waals surface area contributed by atoms with Crippen LogP contribution in [0, 0.1) is 25.6 Å². The predicted molar refractivity (Wildman–Crippen MR) is 91.3 cm³/mol. The highest BCUT2D eigenvalue weighted by Crippen LogP contribution is 2.38. The van der Waals surface area contributed by atoms with Crippen molar-refractivity contribution >= 4 is 17.5 Å². The summed E-state index contributed by atoms with van der Waals surface area (Å²) in [6, 6.07) is 5.52. The number of carbonyl (C=O) groups excluding carboxylic acids is 2. The number of hydrogen-bond acceptors (Lipinski definition) is 3. The number of rotatable bonds is 3. The summed E-state index contributed by atoms with van der Waals surface area (Å²) >= 11 is 0. The molecule has 132 valence electrons. The van der Waals surface area contributed by atoms with Crippen LogP contribution in [-0.2, 0) is 16.6 Å². The molecule has 1 aliphatic rings. The molecular weight excluding hydrogens is 323 g/mol. The van der Waals surface area contributed by atoms with E-state index in [2.05, 4.69) is 10.4 Å². The predicted octanol–water partition coefficient (Wildman–Crippen LogP) is 2.33. The van der Waals surface area contributed by atoms with Gasteiger partial charge in [-0.3, -0.25) is 14.3 Å². The molecule has 1 aromatic carbocycles. The fourth-order valence-corrected chi connectivity index (χ4v) is 3.39. The van der Waals surface area contributed by atoms with E-state index in [0.717, 1.165) is 17.0 Å². The highest BCUT2D eigenvalue weighted by atomic mass is 19.1. The van der Waals surface area contributed by atoms with Gasteiger partial charge in [0.2, 0.25) is 11.8 Å². The molecule has 1 fully saturated rings. The molecule has 6 nitrogen and oxygen atoms in total. The Morgan fingerprint density at radius 3 is 2.44 bits per heavy atom. The zero-order valence-electron chi connectivity index (χ0n) is 14.7. The van der Waals surface area contributed by atoms with Crippen LogP contribution in [0.2, 0.25) is 0 Å². The molecule has 2 heterocycles. The summed E-state index contributed by atoms with van der Waals surface area (Å²) in [6.07, 6.45) is 0.128. The first kappa shape index (κ1) is 17.1. The number of nitrogens with one attached hydrogen (secondary N) is 1. The number of anilines is 1. The summed E-state index contributed by atoms with van der Waals surface area (Å²) in [6.45, 7) is 3.70. The number of aromatic nitrogens is 2. The third-order valence-electron chi connectivity index (χ3n) is 4.89. The van der Waals surface area contributed by atoms with Crippen LogP contribution in [0.1, 0.15) is 29.4 Å². The summed E-state index contributed by atoms with van der Waals surface area (Å²) in [5.41, 5.74) is 2.99. The summed E-state index contributed by atoms with van der Waals surface area (Å²) < 4.78 is 14.9. The number of benzene rings is 1. The number of nitrogens with zero attached hydrogens (tertiary/aromatic N) is 3. The first-order chi connectivity index (χ1) is 11.8. The van der Waals surface area contributed by atoms with Crippen LogP contribution in [0.4, 0.5) is 10.1 Å². The highest BCUT2D eigenvalue weighted by molar-refractivity contribution is 5.98. The number of likely N-dealkylation sites (tertiary alicyclic amines) is 1. The van der Waals surface area contributed by atoms with Crippen LogP contribution in [0.15, 0.2) is 24.3 Å². The zero-order valence-corrected chi connectivity index (χ0v) is 14.7. The van der Waals surface area contributed by atoms with Crippen LogP contribution in [0.25, 0.3) is 0 Å². The van der Waals surface area contributed by atoms with Crippen molar-refractivity contribution < 1.29 is 14.0 Å². The van der Waals surface area contributed by atoms with E-state index < -0.39 is 12.0 Å². The Morgan fingerprint density at radius 2 is 1.88 bits per heavy atom. The topological polar surface area (TPSA) is 67.2 Å². The van der Waals surface area contributed by atoms with Crippen molar-refractivity contribution in [1.82, 2.24) is 14.7 Å². The van der Waals surface area contributed by atoms with Crippen molar-refractivity contribution in [2.24, 2.45) is 13.0 Å². The second-order valence-corrected chi connectivity index (χ2v) is 6.47. The molecule has 1 N–H and O–H groups in total. The van der Waals surface area contributed by atoms with E-state index in [1.165, 1.54) is 12.1 Å².